The number of carbonyl (C=O) groups is 2. The van der Waals surface area contributed by atoms with Crippen LogP contribution in [0.15, 0.2) is 0 Å². The van der Waals surface area contributed by atoms with Crippen LogP contribution < -0.4 is 5.73 Å². The van der Waals surface area contributed by atoms with Gasteiger partial charge in [0.05, 0.1) is 6.54 Å². The first kappa shape index (κ1) is 9.83. The number of nitrogens with two attached hydrogens (primary N) is 1. The van der Waals surface area contributed by atoms with Gasteiger partial charge in [0.1, 0.15) is 6.10 Å². The van der Waals surface area contributed by atoms with Gasteiger partial charge in [0, 0.05) is 19.4 Å². The van der Waals surface area contributed by atoms with Crippen LogP contribution in [0.3, 0.4) is 0 Å². The number of amides is 2. The zero-order chi connectivity index (χ0) is 9.84. The Balaban J connectivity index is 2.36. The van der Waals surface area contributed by atoms with E-state index < -0.39 is 6.09 Å². The van der Waals surface area contributed by atoms with Crippen LogP contribution in [0.25, 0.3) is 0 Å². The lowest BCUT2D eigenvalue weighted by molar-refractivity contribution is -0.126. The zero-order valence-corrected chi connectivity index (χ0v) is 7.53. The fraction of sp³-hybridized carbons (Fsp3) is 0.625. The molecule has 0 aromatic carbocycles. The van der Waals surface area contributed by atoms with Crippen molar-refractivity contribution in [1.29, 1.82) is 0 Å². The van der Waals surface area contributed by atoms with Crippen molar-refractivity contribution in [2.75, 3.05) is 13.1 Å². The number of ether oxygens (including phenoxy) is 1. The maximum absolute atomic E-state index is 11.1. The summed E-state index contributed by atoms with van der Waals surface area (Å²) in [6.45, 7) is 2.76. The van der Waals surface area contributed by atoms with Gasteiger partial charge in [-0.3, -0.25) is 4.79 Å². The Morgan fingerprint density at radius 1 is 1.62 bits per heavy atom. The highest BCUT2D eigenvalue weighted by molar-refractivity contribution is 5.84. The van der Waals surface area contributed by atoms with E-state index in [2.05, 4.69) is 0 Å². The Bertz CT molecular complexity index is 217. The predicted molar refractivity (Wildman–Crippen MR) is 45.6 cm³/mol. The van der Waals surface area contributed by atoms with Crippen molar-refractivity contribution < 1.29 is 14.3 Å². The summed E-state index contributed by atoms with van der Waals surface area (Å²) < 4.78 is 4.77. The summed E-state index contributed by atoms with van der Waals surface area (Å²) in [5.41, 5.74) is 4.85. The molecule has 0 unspecified atom stereocenters. The molecule has 0 aliphatic carbocycles. The number of likely N-dealkylation sites (tertiary alicyclic amines) is 1. The topological polar surface area (TPSA) is 72.6 Å². The van der Waals surface area contributed by atoms with Gasteiger partial charge in [-0.25, -0.2) is 4.79 Å². The molecule has 1 rings (SSSR count). The summed E-state index contributed by atoms with van der Waals surface area (Å²) in [7, 11) is 0. The van der Waals surface area contributed by atoms with Crippen LogP contribution in [0.1, 0.15) is 13.3 Å². The Kier molecular flexibility index (Phi) is 3.11. The highest BCUT2D eigenvalue weighted by atomic mass is 16.6. The number of nitrogens with zero attached hydrogens (tertiary/aromatic N) is 1. The zero-order valence-electron chi connectivity index (χ0n) is 7.53. The van der Waals surface area contributed by atoms with E-state index in [1.807, 2.05) is 0 Å². The normalized spacial score (nSPS) is 21.6. The van der Waals surface area contributed by atoms with Gasteiger partial charge in [-0.2, -0.15) is 0 Å². The van der Waals surface area contributed by atoms with Crippen LogP contribution in [0.4, 0.5) is 4.79 Å². The second-order valence-corrected chi connectivity index (χ2v) is 2.92. The van der Waals surface area contributed by atoms with Crippen molar-refractivity contribution in [3.8, 4) is 0 Å². The molecule has 0 bridgehead atoms. The minimum atomic E-state index is -0.778. The molecule has 0 saturated carbocycles. The lowest BCUT2D eigenvalue weighted by atomic mass is 10.3. The summed E-state index contributed by atoms with van der Waals surface area (Å²) in [6.07, 6.45) is 1.15. The monoisotopic (exact) mass is 185 g/mol. The van der Waals surface area contributed by atoms with E-state index in [4.69, 9.17) is 10.5 Å². The standard InChI is InChI=1S/C8H13N2O3/c1-2-7(11)10-4-3-6(5-10)13-8(9)12/h2,6H,3-5H2,1H3,(H2,9,12)/t6-/m1/s1. The number of carbonyl (C=O) groups excluding carboxylic acids is 2. The highest BCUT2D eigenvalue weighted by Crippen LogP contribution is 2.13. The molecule has 13 heavy (non-hydrogen) atoms. The molecule has 73 valence electrons. The highest BCUT2D eigenvalue weighted by Gasteiger charge is 2.27. The SMILES string of the molecule is C[CH]C(=O)N1CC[C@@H](OC(N)=O)C1. The molecule has 0 aromatic heterocycles. The summed E-state index contributed by atoms with van der Waals surface area (Å²) in [4.78, 5) is 23.2. The van der Waals surface area contributed by atoms with E-state index >= 15 is 0 Å². The largest absolute Gasteiger partial charge is 0.444 e. The fourth-order valence-electron chi connectivity index (χ4n) is 1.37. The van der Waals surface area contributed by atoms with Gasteiger partial charge in [0.2, 0.25) is 5.91 Å². The Morgan fingerprint density at radius 2 is 2.31 bits per heavy atom. The van der Waals surface area contributed by atoms with Crippen LogP contribution >= 0.6 is 0 Å². The second kappa shape index (κ2) is 4.11. The lowest BCUT2D eigenvalue weighted by Crippen LogP contribution is -2.31. The molecule has 1 radical (unpaired) electrons. The average Bonchev–Trinajstić information content (AvgIpc) is 2.50. The van der Waals surface area contributed by atoms with Gasteiger partial charge in [0.25, 0.3) is 0 Å². The fourth-order valence-corrected chi connectivity index (χ4v) is 1.37. The van der Waals surface area contributed by atoms with Gasteiger partial charge in [-0.05, 0) is 0 Å². The quantitative estimate of drug-likeness (QED) is 0.653. The third kappa shape index (κ3) is 2.61. The third-order valence-corrected chi connectivity index (χ3v) is 1.99. The molecule has 1 atom stereocenters. The number of hydrogen-bond donors (Lipinski definition) is 1. The Morgan fingerprint density at radius 3 is 2.85 bits per heavy atom. The van der Waals surface area contributed by atoms with Gasteiger partial charge in [0.15, 0.2) is 0 Å². The molecule has 0 aromatic rings. The number of hydrogen-bond acceptors (Lipinski definition) is 3. The van der Waals surface area contributed by atoms with E-state index in [1.54, 1.807) is 11.8 Å². The molecule has 2 amide bonds. The molecular weight excluding hydrogens is 172 g/mol. The average molecular weight is 185 g/mol. The number of primary amides is 1. The molecular formula is C8H13N2O3. The first-order chi connectivity index (χ1) is 6.13. The molecule has 1 aliphatic heterocycles. The van der Waals surface area contributed by atoms with Crippen LogP contribution in [0, 0.1) is 6.42 Å². The van der Waals surface area contributed by atoms with Crippen molar-refractivity contribution in [2.24, 2.45) is 5.73 Å². The summed E-state index contributed by atoms with van der Waals surface area (Å²) in [6, 6.07) is 0. The van der Waals surface area contributed by atoms with Crippen molar-refractivity contribution >= 4 is 12.0 Å². The summed E-state index contributed by atoms with van der Waals surface area (Å²) in [5, 5.41) is 0. The van der Waals surface area contributed by atoms with Gasteiger partial charge in [-0.1, -0.05) is 6.92 Å². The van der Waals surface area contributed by atoms with Crippen LogP contribution in [-0.2, 0) is 9.53 Å². The van der Waals surface area contributed by atoms with Crippen molar-refractivity contribution in [2.45, 2.75) is 19.4 Å². The van der Waals surface area contributed by atoms with Crippen LogP contribution in [0.5, 0.6) is 0 Å². The van der Waals surface area contributed by atoms with Crippen molar-refractivity contribution in [3.05, 3.63) is 6.42 Å². The third-order valence-electron chi connectivity index (χ3n) is 1.99. The smallest absolute Gasteiger partial charge is 0.404 e. The maximum Gasteiger partial charge on any atom is 0.404 e. The first-order valence-electron chi connectivity index (χ1n) is 4.18. The molecule has 1 heterocycles. The van der Waals surface area contributed by atoms with Crippen LogP contribution in [0.2, 0.25) is 0 Å². The van der Waals surface area contributed by atoms with Gasteiger partial charge < -0.3 is 15.4 Å². The molecule has 5 heteroatoms. The second-order valence-electron chi connectivity index (χ2n) is 2.92. The van der Waals surface area contributed by atoms with E-state index in [0.29, 0.717) is 19.5 Å². The molecule has 2 N–H and O–H groups in total. The van der Waals surface area contributed by atoms with E-state index in [1.165, 1.54) is 6.42 Å². The van der Waals surface area contributed by atoms with Gasteiger partial charge in [-0.15, -0.1) is 0 Å². The lowest BCUT2D eigenvalue weighted by Gasteiger charge is -2.14. The first-order valence-corrected chi connectivity index (χ1v) is 4.18. The van der Waals surface area contributed by atoms with Crippen LogP contribution in [-0.4, -0.2) is 36.1 Å². The van der Waals surface area contributed by atoms with E-state index in [0.717, 1.165) is 0 Å². The predicted octanol–water partition coefficient (Wildman–Crippen LogP) is -0.0932. The van der Waals surface area contributed by atoms with Crippen molar-refractivity contribution in [1.82, 2.24) is 4.90 Å². The molecule has 1 fully saturated rings. The minimum absolute atomic E-state index is 0.0319. The Labute approximate surface area is 76.8 Å². The Hall–Kier alpha value is -1.26. The molecule has 1 aliphatic rings. The number of rotatable bonds is 2. The molecule has 5 nitrogen and oxygen atoms in total. The van der Waals surface area contributed by atoms with E-state index in [9.17, 15) is 9.59 Å². The summed E-state index contributed by atoms with van der Waals surface area (Å²) >= 11 is 0. The minimum Gasteiger partial charge on any atom is -0.444 e. The maximum atomic E-state index is 11.1. The van der Waals surface area contributed by atoms with E-state index in [-0.39, 0.29) is 12.0 Å². The summed E-state index contributed by atoms with van der Waals surface area (Å²) in [5.74, 6) is -0.0319. The van der Waals surface area contributed by atoms with Gasteiger partial charge >= 0.3 is 6.09 Å². The molecule has 1 saturated heterocycles. The molecule has 0 spiro atoms. The van der Waals surface area contributed by atoms with Crippen molar-refractivity contribution in [3.63, 3.8) is 0 Å².